The van der Waals surface area contributed by atoms with E-state index in [0.717, 1.165) is 12.2 Å². The lowest BCUT2D eigenvalue weighted by atomic mass is 9.97. The van der Waals surface area contributed by atoms with E-state index in [2.05, 4.69) is 45.0 Å². The lowest BCUT2D eigenvalue weighted by molar-refractivity contribution is 0.282. The van der Waals surface area contributed by atoms with E-state index in [1.807, 2.05) is 0 Å². The van der Waals surface area contributed by atoms with Crippen LogP contribution in [0.3, 0.4) is 0 Å². The van der Waals surface area contributed by atoms with Gasteiger partial charge in [-0.05, 0) is 39.9 Å². The lowest BCUT2D eigenvalue weighted by Gasteiger charge is -2.27. The van der Waals surface area contributed by atoms with Gasteiger partial charge in [-0.2, -0.15) is 0 Å². The van der Waals surface area contributed by atoms with E-state index in [9.17, 15) is 0 Å². The predicted molar refractivity (Wildman–Crippen MR) is 74.2 cm³/mol. The maximum Gasteiger partial charge on any atom is 0.126 e. The summed E-state index contributed by atoms with van der Waals surface area (Å²) in [7, 11) is 5.89. The molecule has 0 fully saturated rings. The van der Waals surface area contributed by atoms with Crippen molar-refractivity contribution in [1.82, 2.24) is 4.90 Å². The van der Waals surface area contributed by atoms with Crippen LogP contribution < -0.4 is 4.74 Å². The standard InChI is InChI=1S/C14H22ClNO/c1-10-8-11(2)14(17-5)12(9-10)13(6-7-15)16(3)4/h8-9,13H,6-7H2,1-5H3. The first-order valence-corrected chi connectivity index (χ1v) is 6.42. The van der Waals surface area contributed by atoms with E-state index in [1.165, 1.54) is 16.7 Å². The molecule has 17 heavy (non-hydrogen) atoms. The second-order valence-electron chi connectivity index (χ2n) is 4.66. The highest BCUT2D eigenvalue weighted by molar-refractivity contribution is 6.17. The molecule has 0 spiro atoms. The van der Waals surface area contributed by atoms with Gasteiger partial charge in [-0.25, -0.2) is 0 Å². The molecule has 0 aromatic heterocycles. The monoisotopic (exact) mass is 255 g/mol. The van der Waals surface area contributed by atoms with E-state index in [-0.39, 0.29) is 0 Å². The van der Waals surface area contributed by atoms with Gasteiger partial charge in [0.25, 0.3) is 0 Å². The van der Waals surface area contributed by atoms with Crippen molar-refractivity contribution in [3.05, 3.63) is 28.8 Å². The van der Waals surface area contributed by atoms with Crippen LogP contribution in [0.1, 0.15) is 29.2 Å². The highest BCUT2D eigenvalue weighted by atomic mass is 35.5. The summed E-state index contributed by atoms with van der Waals surface area (Å²) in [4.78, 5) is 2.19. The topological polar surface area (TPSA) is 12.5 Å². The highest BCUT2D eigenvalue weighted by Gasteiger charge is 2.19. The number of halogens is 1. The van der Waals surface area contributed by atoms with Crippen molar-refractivity contribution >= 4 is 11.6 Å². The van der Waals surface area contributed by atoms with Crippen molar-refractivity contribution in [3.63, 3.8) is 0 Å². The highest BCUT2D eigenvalue weighted by Crippen LogP contribution is 2.34. The number of hydrogen-bond acceptors (Lipinski definition) is 2. The predicted octanol–water partition coefficient (Wildman–Crippen LogP) is 3.54. The number of methoxy groups -OCH3 is 1. The number of hydrogen-bond donors (Lipinski definition) is 0. The van der Waals surface area contributed by atoms with Gasteiger partial charge in [0.1, 0.15) is 5.75 Å². The van der Waals surface area contributed by atoms with Crippen molar-refractivity contribution in [1.29, 1.82) is 0 Å². The summed E-state index contributed by atoms with van der Waals surface area (Å²) in [6, 6.07) is 4.65. The summed E-state index contributed by atoms with van der Waals surface area (Å²) in [5, 5.41) is 0. The quantitative estimate of drug-likeness (QED) is 0.747. The second-order valence-corrected chi connectivity index (χ2v) is 5.04. The van der Waals surface area contributed by atoms with Crippen LogP contribution in [-0.2, 0) is 0 Å². The van der Waals surface area contributed by atoms with Gasteiger partial charge in [0.2, 0.25) is 0 Å². The Labute approximate surface area is 110 Å². The van der Waals surface area contributed by atoms with Gasteiger partial charge >= 0.3 is 0 Å². The molecule has 0 aliphatic heterocycles. The van der Waals surface area contributed by atoms with Gasteiger partial charge in [0.15, 0.2) is 0 Å². The van der Waals surface area contributed by atoms with Crippen LogP contribution in [-0.4, -0.2) is 32.0 Å². The molecule has 0 heterocycles. The summed E-state index contributed by atoms with van der Waals surface area (Å²) in [6.07, 6.45) is 0.924. The fraction of sp³-hybridized carbons (Fsp3) is 0.571. The molecule has 0 N–H and O–H groups in total. The summed E-state index contributed by atoms with van der Waals surface area (Å²) in [6.45, 7) is 4.20. The normalized spacial score (nSPS) is 12.9. The second kappa shape index (κ2) is 6.27. The molecule has 0 saturated carbocycles. The van der Waals surface area contributed by atoms with Gasteiger partial charge < -0.3 is 9.64 Å². The molecule has 2 nitrogen and oxygen atoms in total. The molecule has 1 atom stereocenters. The molecule has 0 aliphatic carbocycles. The zero-order valence-corrected chi connectivity index (χ0v) is 12.1. The Morgan fingerprint density at radius 3 is 2.41 bits per heavy atom. The van der Waals surface area contributed by atoms with Crippen molar-refractivity contribution in [2.75, 3.05) is 27.1 Å². The maximum absolute atomic E-state index is 5.90. The number of aryl methyl sites for hydroxylation is 2. The molecule has 0 radical (unpaired) electrons. The molecule has 1 aromatic rings. The van der Waals surface area contributed by atoms with Crippen molar-refractivity contribution in [2.24, 2.45) is 0 Å². The van der Waals surface area contributed by atoms with Crippen LogP contribution in [0.25, 0.3) is 0 Å². The first-order valence-electron chi connectivity index (χ1n) is 5.88. The van der Waals surface area contributed by atoms with Gasteiger partial charge in [0.05, 0.1) is 7.11 Å². The van der Waals surface area contributed by atoms with Crippen molar-refractivity contribution in [2.45, 2.75) is 26.3 Å². The largest absolute Gasteiger partial charge is 0.496 e. The average Bonchev–Trinajstić information content (AvgIpc) is 2.24. The smallest absolute Gasteiger partial charge is 0.126 e. The first-order chi connectivity index (χ1) is 8.01. The number of ether oxygens (including phenoxy) is 1. The minimum absolute atomic E-state index is 0.307. The van der Waals surface area contributed by atoms with Crippen LogP contribution >= 0.6 is 11.6 Å². The molecule has 1 unspecified atom stereocenters. The number of alkyl halides is 1. The Balaban J connectivity index is 3.25. The molecule has 0 saturated heterocycles. The van der Waals surface area contributed by atoms with Gasteiger partial charge in [-0.15, -0.1) is 11.6 Å². The Morgan fingerprint density at radius 2 is 1.94 bits per heavy atom. The number of benzene rings is 1. The van der Waals surface area contributed by atoms with E-state index in [0.29, 0.717) is 11.9 Å². The number of nitrogens with zero attached hydrogens (tertiary/aromatic N) is 1. The third-order valence-electron chi connectivity index (χ3n) is 3.02. The lowest BCUT2D eigenvalue weighted by Crippen LogP contribution is -2.21. The van der Waals surface area contributed by atoms with Crippen LogP contribution in [0.4, 0.5) is 0 Å². The molecule has 0 amide bonds. The molecule has 1 aromatic carbocycles. The summed E-state index contributed by atoms with van der Waals surface area (Å²) in [5.74, 6) is 1.64. The Bertz CT molecular complexity index is 377. The van der Waals surface area contributed by atoms with E-state index in [1.54, 1.807) is 7.11 Å². The van der Waals surface area contributed by atoms with E-state index >= 15 is 0 Å². The van der Waals surface area contributed by atoms with Crippen molar-refractivity contribution in [3.8, 4) is 5.75 Å². The minimum Gasteiger partial charge on any atom is -0.496 e. The Hall–Kier alpha value is -0.730. The fourth-order valence-corrected chi connectivity index (χ4v) is 2.52. The summed E-state index contributed by atoms with van der Waals surface area (Å²) < 4.78 is 5.54. The maximum atomic E-state index is 5.90. The van der Waals surface area contributed by atoms with Crippen molar-refractivity contribution < 1.29 is 4.74 Å². The Kier molecular flexibility index (Phi) is 5.29. The fourth-order valence-electron chi connectivity index (χ4n) is 2.31. The zero-order chi connectivity index (χ0) is 13.0. The van der Waals surface area contributed by atoms with Crippen LogP contribution in [0.5, 0.6) is 5.75 Å². The molecule has 1 rings (SSSR count). The molecule has 96 valence electrons. The Morgan fingerprint density at radius 1 is 1.29 bits per heavy atom. The third kappa shape index (κ3) is 3.36. The van der Waals surface area contributed by atoms with Gasteiger partial charge in [-0.1, -0.05) is 17.7 Å². The summed E-state index contributed by atoms with van der Waals surface area (Å²) >= 11 is 5.90. The summed E-state index contributed by atoms with van der Waals surface area (Å²) in [5.41, 5.74) is 3.68. The molecule has 0 aliphatic rings. The average molecular weight is 256 g/mol. The molecule has 0 bridgehead atoms. The van der Waals surface area contributed by atoms with Crippen LogP contribution in [0.15, 0.2) is 12.1 Å². The molecular weight excluding hydrogens is 234 g/mol. The van der Waals surface area contributed by atoms with E-state index in [4.69, 9.17) is 16.3 Å². The van der Waals surface area contributed by atoms with Gasteiger partial charge in [0, 0.05) is 17.5 Å². The van der Waals surface area contributed by atoms with Gasteiger partial charge in [-0.3, -0.25) is 0 Å². The third-order valence-corrected chi connectivity index (χ3v) is 3.23. The van der Waals surface area contributed by atoms with Crippen LogP contribution in [0.2, 0.25) is 0 Å². The molecular formula is C14H22ClNO. The van der Waals surface area contributed by atoms with E-state index < -0.39 is 0 Å². The number of rotatable bonds is 5. The molecule has 3 heteroatoms. The zero-order valence-electron chi connectivity index (χ0n) is 11.4. The minimum atomic E-state index is 0.307. The first kappa shape index (κ1) is 14.3. The van der Waals surface area contributed by atoms with Crippen LogP contribution in [0, 0.1) is 13.8 Å². The SMILES string of the molecule is COc1c(C)cc(C)cc1C(CCCl)N(C)C.